The number of pyridine rings is 1. The number of halogens is 2. The van der Waals surface area contributed by atoms with Crippen LogP contribution < -0.4 is 14.4 Å². The summed E-state index contributed by atoms with van der Waals surface area (Å²) in [5.74, 6) is -0.624. The number of anilines is 1. The summed E-state index contributed by atoms with van der Waals surface area (Å²) in [6, 6.07) is -0.781. The summed E-state index contributed by atoms with van der Waals surface area (Å²) in [7, 11) is 0. The van der Waals surface area contributed by atoms with Crippen molar-refractivity contribution in [3.05, 3.63) is 11.0 Å². The van der Waals surface area contributed by atoms with Crippen LogP contribution in [-0.4, -0.2) is 81.5 Å². The predicted octanol–water partition coefficient (Wildman–Crippen LogP) is 4.28. The largest absolute Gasteiger partial charge is 0.472 e. The first kappa shape index (κ1) is 27.0. The van der Waals surface area contributed by atoms with E-state index < -0.39 is 22.9 Å². The van der Waals surface area contributed by atoms with Gasteiger partial charge in [0.1, 0.15) is 40.4 Å². The normalized spacial score (nSPS) is 26.1. The molecule has 6 rings (SSSR count). The van der Waals surface area contributed by atoms with Gasteiger partial charge in [0.25, 0.3) is 0 Å². The Kier molecular flexibility index (Phi) is 6.39. The topological polar surface area (TPSA) is 116 Å². The average Bonchev–Trinajstić information content (AvgIpc) is 3.63. The summed E-state index contributed by atoms with van der Waals surface area (Å²) >= 11 is 6.17. The molecule has 1 aliphatic carbocycles. The highest BCUT2D eigenvalue weighted by molar-refractivity contribution is 6.30. The zero-order chi connectivity index (χ0) is 28.6. The second kappa shape index (κ2) is 9.46. The Hall–Kier alpha value is -3.15. The maximum atomic E-state index is 15.4. The highest BCUT2D eigenvalue weighted by atomic mass is 35.5. The van der Waals surface area contributed by atoms with Crippen LogP contribution in [0.5, 0.6) is 11.9 Å². The lowest BCUT2D eigenvalue weighted by Crippen LogP contribution is -2.65. The maximum absolute atomic E-state index is 15.4. The summed E-state index contributed by atoms with van der Waals surface area (Å²) in [5, 5.41) is -0.0903. The molecule has 40 heavy (non-hydrogen) atoms. The summed E-state index contributed by atoms with van der Waals surface area (Å²) < 4.78 is 38.6. The maximum Gasteiger partial charge on any atom is 0.410 e. The van der Waals surface area contributed by atoms with Crippen LogP contribution in [0.3, 0.4) is 0 Å². The van der Waals surface area contributed by atoms with E-state index in [-0.39, 0.29) is 66.0 Å². The molecule has 216 valence electrons. The fourth-order valence-corrected chi connectivity index (χ4v) is 6.27. The number of carbonyl (C=O) groups excluding carboxylic acids is 2. The van der Waals surface area contributed by atoms with E-state index in [0.29, 0.717) is 30.6 Å². The molecular formula is C27H33ClFN5O6. The van der Waals surface area contributed by atoms with Crippen LogP contribution in [0.2, 0.25) is 5.15 Å². The first-order chi connectivity index (χ1) is 18.9. The van der Waals surface area contributed by atoms with Crippen molar-refractivity contribution in [1.82, 2.24) is 19.9 Å². The molecule has 0 aromatic carbocycles. The standard InChI is InChI=1S/C27H33ClFN5O6/c1-6-37-23(35)27(9-10-27)12-38-24-30-18-16-21(32-24)33-11-14-7-8-15(34(14)25(36)40-26(3,4)5)19(33)13(2)39-22(16)31-20(28)17(18)29/h13-15,19H,6-12H2,1-5H3/t13-,14+,15-,19+/m0/s1. The summed E-state index contributed by atoms with van der Waals surface area (Å²) in [6.07, 6.45) is 1.96. The summed E-state index contributed by atoms with van der Waals surface area (Å²) in [6.45, 7) is 9.88. The Morgan fingerprint density at radius 2 is 1.95 bits per heavy atom. The lowest BCUT2D eigenvalue weighted by atomic mass is 9.98. The lowest BCUT2D eigenvalue weighted by Gasteiger charge is -2.48. The number of carbonyl (C=O) groups is 2. The first-order valence-electron chi connectivity index (χ1n) is 13.7. The summed E-state index contributed by atoms with van der Waals surface area (Å²) in [5.41, 5.74) is -1.47. The molecule has 11 nitrogen and oxygen atoms in total. The quantitative estimate of drug-likeness (QED) is 0.376. The van der Waals surface area contributed by atoms with Gasteiger partial charge in [-0.3, -0.25) is 9.69 Å². The van der Waals surface area contributed by atoms with E-state index in [0.717, 1.165) is 12.8 Å². The average molecular weight is 578 g/mol. The molecule has 1 amide bonds. The van der Waals surface area contributed by atoms with Crippen LogP contribution in [0.15, 0.2) is 0 Å². The Morgan fingerprint density at radius 3 is 2.62 bits per heavy atom. The van der Waals surface area contributed by atoms with Crippen molar-refractivity contribution >= 4 is 40.4 Å². The van der Waals surface area contributed by atoms with Gasteiger partial charge in [-0.15, -0.1) is 0 Å². The second-order valence-corrected chi connectivity index (χ2v) is 12.4. The van der Waals surface area contributed by atoms with E-state index in [1.165, 1.54) is 0 Å². The fourth-order valence-electron chi connectivity index (χ4n) is 6.10. The van der Waals surface area contributed by atoms with Crippen molar-refractivity contribution in [2.24, 2.45) is 5.41 Å². The van der Waals surface area contributed by atoms with Crippen LogP contribution in [0, 0.1) is 11.2 Å². The number of hydrogen-bond donors (Lipinski definition) is 0. The van der Waals surface area contributed by atoms with E-state index in [1.807, 2.05) is 32.6 Å². The van der Waals surface area contributed by atoms with Gasteiger partial charge in [-0.1, -0.05) is 11.6 Å². The fraction of sp³-hybridized carbons (Fsp3) is 0.667. The number of rotatable bonds is 5. The van der Waals surface area contributed by atoms with Crippen LogP contribution in [0.1, 0.15) is 60.3 Å². The van der Waals surface area contributed by atoms with Gasteiger partial charge in [-0.2, -0.15) is 15.0 Å². The molecule has 2 aromatic rings. The Balaban J connectivity index is 1.40. The molecule has 2 saturated heterocycles. The number of aromatic nitrogens is 3. The van der Waals surface area contributed by atoms with E-state index >= 15 is 4.39 Å². The Morgan fingerprint density at radius 1 is 1.20 bits per heavy atom. The van der Waals surface area contributed by atoms with Gasteiger partial charge in [0, 0.05) is 6.54 Å². The SMILES string of the molecule is CCOC(=O)C1(COc2nc3c4c(nc(Cl)c(F)c4n2)O[C@@H](C)[C@@H]2[C@@H]4CC[C@H](CN32)N4C(=O)OC(C)(C)C)CC1. The van der Waals surface area contributed by atoms with Crippen molar-refractivity contribution in [3.8, 4) is 11.9 Å². The zero-order valence-corrected chi connectivity index (χ0v) is 24.0. The third-order valence-corrected chi connectivity index (χ3v) is 8.32. The van der Waals surface area contributed by atoms with Crippen molar-refractivity contribution in [2.45, 2.75) is 90.1 Å². The molecule has 0 radical (unpaired) electrons. The number of fused-ring (bicyclic) bond motifs is 5. The molecule has 0 spiro atoms. The number of ether oxygens (including phenoxy) is 4. The van der Waals surface area contributed by atoms with E-state index in [1.54, 1.807) is 6.92 Å². The van der Waals surface area contributed by atoms with E-state index in [9.17, 15) is 9.59 Å². The third kappa shape index (κ3) is 4.44. The molecule has 0 N–H and O–H groups in total. The monoisotopic (exact) mass is 577 g/mol. The molecule has 2 bridgehead atoms. The van der Waals surface area contributed by atoms with Gasteiger partial charge < -0.3 is 23.8 Å². The Bertz CT molecular complexity index is 1380. The van der Waals surface area contributed by atoms with Gasteiger partial charge >= 0.3 is 18.1 Å². The third-order valence-electron chi connectivity index (χ3n) is 8.07. The minimum Gasteiger partial charge on any atom is -0.472 e. The van der Waals surface area contributed by atoms with Crippen molar-refractivity contribution in [2.75, 3.05) is 24.7 Å². The number of hydrogen-bond acceptors (Lipinski definition) is 10. The van der Waals surface area contributed by atoms with Gasteiger partial charge in [-0.05, 0) is 60.3 Å². The molecular weight excluding hydrogens is 545 g/mol. The van der Waals surface area contributed by atoms with E-state index in [4.69, 9.17) is 35.5 Å². The minimum atomic E-state index is -0.814. The lowest BCUT2D eigenvalue weighted by molar-refractivity contribution is -0.151. The van der Waals surface area contributed by atoms with Crippen molar-refractivity contribution in [3.63, 3.8) is 0 Å². The molecule has 5 heterocycles. The van der Waals surface area contributed by atoms with Crippen LogP contribution in [0.25, 0.3) is 10.9 Å². The highest BCUT2D eigenvalue weighted by Gasteiger charge is 2.54. The Labute approximate surface area is 236 Å². The molecule has 3 aliphatic heterocycles. The highest BCUT2D eigenvalue weighted by Crippen LogP contribution is 2.48. The molecule has 3 fully saturated rings. The van der Waals surface area contributed by atoms with Crippen LogP contribution in [0.4, 0.5) is 15.0 Å². The summed E-state index contributed by atoms with van der Waals surface area (Å²) in [4.78, 5) is 42.8. The first-order valence-corrected chi connectivity index (χ1v) is 14.1. The molecule has 13 heteroatoms. The number of esters is 1. The number of piperazine rings is 1. The molecule has 4 aliphatic rings. The van der Waals surface area contributed by atoms with Gasteiger partial charge in [0.05, 0.1) is 24.7 Å². The van der Waals surface area contributed by atoms with Crippen LogP contribution in [-0.2, 0) is 14.3 Å². The predicted molar refractivity (Wildman–Crippen MR) is 142 cm³/mol. The van der Waals surface area contributed by atoms with Crippen molar-refractivity contribution < 1.29 is 32.9 Å². The number of nitrogens with zero attached hydrogens (tertiary/aromatic N) is 5. The minimum absolute atomic E-state index is 0.0120. The zero-order valence-electron chi connectivity index (χ0n) is 23.2. The van der Waals surface area contributed by atoms with Gasteiger partial charge in [-0.25, -0.2) is 9.18 Å². The van der Waals surface area contributed by atoms with E-state index in [2.05, 4.69) is 14.9 Å². The molecule has 0 unspecified atom stereocenters. The second-order valence-electron chi connectivity index (χ2n) is 12.0. The van der Waals surface area contributed by atoms with Crippen molar-refractivity contribution in [1.29, 1.82) is 0 Å². The molecule has 1 saturated carbocycles. The molecule has 2 aromatic heterocycles. The smallest absolute Gasteiger partial charge is 0.410 e. The number of amides is 1. The molecule has 4 atom stereocenters. The van der Waals surface area contributed by atoms with Gasteiger partial charge in [0.15, 0.2) is 11.0 Å². The van der Waals surface area contributed by atoms with Crippen LogP contribution >= 0.6 is 11.6 Å². The van der Waals surface area contributed by atoms with Gasteiger partial charge in [0.2, 0.25) is 5.88 Å².